The third-order valence-electron chi connectivity index (χ3n) is 5.60. The highest BCUT2D eigenvalue weighted by Crippen LogP contribution is 2.34. The first-order valence-electron chi connectivity index (χ1n) is 10.4. The molecule has 1 aromatic carbocycles. The molecule has 152 valence electrons. The zero-order valence-corrected chi connectivity index (χ0v) is 18.5. The number of benzene rings is 1. The monoisotopic (exact) mass is 400 g/mol. The molecule has 1 heterocycles. The number of aromatic nitrogens is 3. The minimum Gasteiger partial charge on any atom is -0.325 e. The van der Waals surface area contributed by atoms with Crippen LogP contribution < -0.4 is 5.32 Å². The molecule has 0 spiro atoms. The number of carbonyl (C=O) groups excluding carboxylic acids is 1. The number of amides is 1. The molecular weight excluding hydrogens is 368 g/mol. The quantitative estimate of drug-likeness (QED) is 0.637. The van der Waals surface area contributed by atoms with E-state index in [2.05, 4.69) is 40.0 Å². The van der Waals surface area contributed by atoms with E-state index < -0.39 is 0 Å². The van der Waals surface area contributed by atoms with Gasteiger partial charge in [0.1, 0.15) is 5.82 Å². The molecule has 3 rings (SSSR count). The molecule has 0 aliphatic heterocycles. The Morgan fingerprint density at radius 1 is 1.14 bits per heavy atom. The van der Waals surface area contributed by atoms with E-state index in [1.165, 1.54) is 49.4 Å². The fraction of sp³-hybridized carbons (Fsp3) is 0.591. The summed E-state index contributed by atoms with van der Waals surface area (Å²) in [7, 11) is 0. The van der Waals surface area contributed by atoms with Crippen LogP contribution in [0, 0.1) is 13.8 Å². The summed E-state index contributed by atoms with van der Waals surface area (Å²) in [6.07, 6.45) is 6.18. The number of thioether (sulfide) groups is 1. The van der Waals surface area contributed by atoms with E-state index in [9.17, 15) is 4.79 Å². The van der Waals surface area contributed by atoms with Crippen molar-refractivity contribution >= 4 is 23.4 Å². The summed E-state index contributed by atoms with van der Waals surface area (Å²) in [6.45, 7) is 10.3. The van der Waals surface area contributed by atoms with Gasteiger partial charge in [-0.1, -0.05) is 63.1 Å². The van der Waals surface area contributed by atoms with Gasteiger partial charge in [-0.15, -0.1) is 10.2 Å². The summed E-state index contributed by atoms with van der Waals surface area (Å²) in [6, 6.07) is 6.65. The number of rotatable bonds is 6. The maximum atomic E-state index is 12.9. The van der Waals surface area contributed by atoms with Gasteiger partial charge in [-0.25, -0.2) is 0 Å². The maximum absolute atomic E-state index is 12.9. The molecule has 28 heavy (non-hydrogen) atoms. The molecule has 2 aromatic rings. The number of anilines is 1. The van der Waals surface area contributed by atoms with E-state index in [-0.39, 0.29) is 11.2 Å². The zero-order valence-electron chi connectivity index (χ0n) is 17.7. The predicted molar refractivity (Wildman–Crippen MR) is 116 cm³/mol. The van der Waals surface area contributed by atoms with Crippen LogP contribution in [0.3, 0.4) is 0 Å². The van der Waals surface area contributed by atoms with Crippen LogP contribution in [-0.2, 0) is 4.79 Å². The summed E-state index contributed by atoms with van der Waals surface area (Å²) in [4.78, 5) is 12.9. The van der Waals surface area contributed by atoms with Crippen LogP contribution in [0.5, 0.6) is 0 Å². The molecule has 1 amide bonds. The van der Waals surface area contributed by atoms with Crippen LogP contribution in [0.1, 0.15) is 81.8 Å². The van der Waals surface area contributed by atoms with Gasteiger partial charge >= 0.3 is 0 Å². The highest BCUT2D eigenvalue weighted by atomic mass is 32.2. The molecular formula is C22H32N4OS. The third kappa shape index (κ3) is 4.59. The van der Waals surface area contributed by atoms with E-state index in [0.717, 1.165) is 22.2 Å². The molecule has 6 heteroatoms. The van der Waals surface area contributed by atoms with Crippen molar-refractivity contribution in [3.63, 3.8) is 0 Å². The van der Waals surface area contributed by atoms with Crippen LogP contribution in [0.2, 0.25) is 0 Å². The van der Waals surface area contributed by atoms with E-state index in [0.29, 0.717) is 12.0 Å². The molecule has 0 saturated heterocycles. The average molecular weight is 401 g/mol. The molecule has 1 fully saturated rings. The SMILES string of the molecule is Cc1cccc(C(C)C)c1NC(=O)C(C)Sc1nnc(C)n1C1CCCCC1. The molecule has 1 aliphatic rings. The largest absolute Gasteiger partial charge is 0.325 e. The summed E-state index contributed by atoms with van der Waals surface area (Å²) >= 11 is 1.51. The highest BCUT2D eigenvalue weighted by Gasteiger charge is 2.25. The second-order valence-electron chi connectivity index (χ2n) is 8.13. The Kier molecular flexibility index (Phi) is 6.81. The number of nitrogens with one attached hydrogen (secondary N) is 1. The van der Waals surface area contributed by atoms with Crippen LogP contribution in [0.25, 0.3) is 0 Å². The van der Waals surface area contributed by atoms with Gasteiger partial charge in [-0.2, -0.15) is 0 Å². The van der Waals surface area contributed by atoms with Crippen molar-refractivity contribution in [1.82, 2.24) is 14.8 Å². The van der Waals surface area contributed by atoms with E-state index in [1.807, 2.05) is 32.9 Å². The predicted octanol–water partition coefficient (Wildman–Crippen LogP) is 5.64. The molecule has 1 saturated carbocycles. The second kappa shape index (κ2) is 9.12. The summed E-state index contributed by atoms with van der Waals surface area (Å²) in [5, 5.41) is 12.5. The molecule has 0 radical (unpaired) electrons. The van der Waals surface area contributed by atoms with Crippen LogP contribution in [0.4, 0.5) is 5.69 Å². The van der Waals surface area contributed by atoms with E-state index in [4.69, 9.17) is 0 Å². The van der Waals surface area contributed by atoms with E-state index >= 15 is 0 Å². The van der Waals surface area contributed by atoms with Crippen molar-refractivity contribution in [1.29, 1.82) is 0 Å². The minimum absolute atomic E-state index is 0.0112. The molecule has 1 atom stereocenters. The Hall–Kier alpha value is -1.82. The lowest BCUT2D eigenvalue weighted by Crippen LogP contribution is -2.25. The lowest BCUT2D eigenvalue weighted by Gasteiger charge is -2.25. The maximum Gasteiger partial charge on any atom is 0.237 e. The van der Waals surface area contributed by atoms with Crippen molar-refractivity contribution in [2.75, 3.05) is 5.32 Å². The first kappa shape index (κ1) is 20.9. The van der Waals surface area contributed by atoms with Gasteiger partial charge in [0, 0.05) is 11.7 Å². The Morgan fingerprint density at radius 2 is 1.86 bits per heavy atom. The molecule has 1 unspecified atom stereocenters. The lowest BCUT2D eigenvalue weighted by atomic mass is 9.95. The third-order valence-corrected chi connectivity index (χ3v) is 6.66. The normalized spacial score (nSPS) is 16.4. The number of nitrogens with zero attached hydrogens (tertiary/aromatic N) is 3. The Bertz CT molecular complexity index is 824. The van der Waals surface area contributed by atoms with Gasteiger partial charge in [-0.3, -0.25) is 4.79 Å². The number of aryl methyl sites for hydroxylation is 2. The van der Waals surface area contributed by atoms with Crippen LogP contribution in [0.15, 0.2) is 23.4 Å². The second-order valence-corrected chi connectivity index (χ2v) is 9.44. The van der Waals surface area contributed by atoms with Crippen molar-refractivity contribution in [3.8, 4) is 0 Å². The summed E-state index contributed by atoms with van der Waals surface area (Å²) in [5.74, 6) is 1.32. The first-order chi connectivity index (χ1) is 13.4. The fourth-order valence-corrected chi connectivity index (χ4v) is 4.93. The van der Waals surface area contributed by atoms with Crippen molar-refractivity contribution < 1.29 is 4.79 Å². The number of hydrogen-bond donors (Lipinski definition) is 1. The number of hydrogen-bond acceptors (Lipinski definition) is 4. The standard InChI is InChI=1S/C22H32N4OS/c1-14(2)19-13-9-10-15(3)20(19)23-21(27)16(4)28-22-25-24-17(5)26(22)18-11-7-6-8-12-18/h9-10,13-14,16,18H,6-8,11-12H2,1-5H3,(H,23,27). The number of para-hydroxylation sites is 1. The minimum atomic E-state index is -0.245. The van der Waals surface area contributed by atoms with Crippen molar-refractivity contribution in [2.24, 2.45) is 0 Å². The average Bonchev–Trinajstić information content (AvgIpc) is 3.03. The smallest absolute Gasteiger partial charge is 0.237 e. The van der Waals surface area contributed by atoms with Gasteiger partial charge in [-0.05, 0) is 50.7 Å². The van der Waals surface area contributed by atoms with Gasteiger partial charge in [0.05, 0.1) is 5.25 Å². The van der Waals surface area contributed by atoms with Gasteiger partial charge < -0.3 is 9.88 Å². The van der Waals surface area contributed by atoms with Crippen LogP contribution >= 0.6 is 11.8 Å². The Balaban J connectivity index is 1.74. The fourth-order valence-electron chi connectivity index (χ4n) is 3.97. The highest BCUT2D eigenvalue weighted by molar-refractivity contribution is 8.00. The Labute approximate surface area is 172 Å². The molecule has 5 nitrogen and oxygen atoms in total. The van der Waals surface area contributed by atoms with E-state index in [1.54, 1.807) is 0 Å². The Morgan fingerprint density at radius 3 is 2.54 bits per heavy atom. The summed E-state index contributed by atoms with van der Waals surface area (Å²) < 4.78 is 2.25. The van der Waals surface area contributed by atoms with Gasteiger partial charge in [0.2, 0.25) is 5.91 Å². The van der Waals surface area contributed by atoms with Crippen molar-refractivity contribution in [2.45, 2.75) is 89.1 Å². The topological polar surface area (TPSA) is 59.8 Å². The zero-order chi connectivity index (χ0) is 20.3. The number of carbonyl (C=O) groups is 1. The van der Waals surface area contributed by atoms with Crippen molar-refractivity contribution in [3.05, 3.63) is 35.2 Å². The van der Waals surface area contributed by atoms with Crippen LogP contribution in [-0.4, -0.2) is 25.9 Å². The molecule has 0 bridgehead atoms. The molecule has 1 N–H and O–H groups in total. The first-order valence-corrected chi connectivity index (χ1v) is 11.2. The molecule has 1 aliphatic carbocycles. The molecule has 1 aromatic heterocycles. The lowest BCUT2D eigenvalue weighted by molar-refractivity contribution is -0.115. The van der Waals surface area contributed by atoms with Gasteiger partial charge in [0.15, 0.2) is 5.16 Å². The summed E-state index contributed by atoms with van der Waals surface area (Å²) in [5.41, 5.74) is 3.21. The van der Waals surface area contributed by atoms with Gasteiger partial charge in [0.25, 0.3) is 0 Å².